The van der Waals surface area contributed by atoms with Crippen LogP contribution in [-0.2, 0) is 9.59 Å². The lowest BCUT2D eigenvalue weighted by Crippen LogP contribution is -2.51. The molecule has 108 valence electrons. The number of hydrogen-bond acceptors (Lipinski definition) is 4. The van der Waals surface area contributed by atoms with E-state index >= 15 is 0 Å². The molecule has 1 atom stereocenters. The fourth-order valence-corrected chi connectivity index (χ4v) is 1.87. The second-order valence-electron chi connectivity index (χ2n) is 4.25. The van der Waals surface area contributed by atoms with E-state index in [1.165, 1.54) is 12.1 Å². The number of nitrogens with zero attached hydrogens (tertiary/aromatic N) is 1. The van der Waals surface area contributed by atoms with Crippen LogP contribution in [0.4, 0.5) is 18.9 Å². The Hall–Kier alpha value is -2.09. The van der Waals surface area contributed by atoms with Crippen molar-refractivity contribution in [1.29, 1.82) is 0 Å². The predicted molar refractivity (Wildman–Crippen MR) is 62.8 cm³/mol. The van der Waals surface area contributed by atoms with Crippen LogP contribution in [0, 0.1) is 0 Å². The standard InChI is InChI=1S/C12H11F3N2O3/c13-12(14,15)20-8-3-1-7(2-4-8)17-10(18)6-5-9(16)11(17)19/h1-4,9H,5-6,16H2/t9-/m0/s1. The molecule has 1 aliphatic heterocycles. The van der Waals surface area contributed by atoms with E-state index < -0.39 is 30.0 Å². The van der Waals surface area contributed by atoms with Crippen molar-refractivity contribution in [2.45, 2.75) is 25.2 Å². The third kappa shape index (κ3) is 3.08. The number of benzene rings is 1. The topological polar surface area (TPSA) is 72.6 Å². The summed E-state index contributed by atoms with van der Waals surface area (Å²) in [4.78, 5) is 24.4. The molecule has 20 heavy (non-hydrogen) atoms. The Balaban J connectivity index is 2.20. The number of carbonyl (C=O) groups excluding carboxylic acids is 2. The summed E-state index contributed by atoms with van der Waals surface area (Å²) in [6.07, 6.45) is -4.40. The molecule has 0 aliphatic carbocycles. The van der Waals surface area contributed by atoms with Gasteiger partial charge < -0.3 is 10.5 Å². The predicted octanol–water partition coefficient (Wildman–Crippen LogP) is 1.57. The molecule has 0 unspecified atom stereocenters. The highest BCUT2D eigenvalue weighted by molar-refractivity contribution is 6.18. The van der Waals surface area contributed by atoms with Gasteiger partial charge >= 0.3 is 6.36 Å². The number of imide groups is 1. The van der Waals surface area contributed by atoms with Crippen LogP contribution in [0.3, 0.4) is 0 Å². The van der Waals surface area contributed by atoms with Gasteiger partial charge in [-0.3, -0.25) is 9.59 Å². The first kappa shape index (κ1) is 14.3. The highest BCUT2D eigenvalue weighted by Gasteiger charge is 2.34. The molecular formula is C12H11F3N2O3. The quantitative estimate of drug-likeness (QED) is 0.838. The van der Waals surface area contributed by atoms with Crippen molar-refractivity contribution in [2.24, 2.45) is 5.73 Å². The molecule has 0 bridgehead atoms. The van der Waals surface area contributed by atoms with Crippen molar-refractivity contribution in [2.75, 3.05) is 4.90 Å². The number of anilines is 1. The number of alkyl halides is 3. The van der Waals surface area contributed by atoms with Crippen LogP contribution in [0.2, 0.25) is 0 Å². The Bertz CT molecular complexity index is 528. The molecule has 1 heterocycles. The van der Waals surface area contributed by atoms with Gasteiger partial charge in [0.25, 0.3) is 5.91 Å². The number of amides is 2. The van der Waals surface area contributed by atoms with Gasteiger partial charge in [-0.2, -0.15) is 0 Å². The highest BCUT2D eigenvalue weighted by Crippen LogP contribution is 2.27. The van der Waals surface area contributed by atoms with Gasteiger partial charge in [-0.1, -0.05) is 0 Å². The van der Waals surface area contributed by atoms with Crippen LogP contribution >= 0.6 is 0 Å². The van der Waals surface area contributed by atoms with Gasteiger partial charge in [0, 0.05) is 6.42 Å². The molecule has 2 rings (SSSR count). The molecule has 0 spiro atoms. The van der Waals surface area contributed by atoms with Crippen molar-refractivity contribution in [1.82, 2.24) is 0 Å². The van der Waals surface area contributed by atoms with Crippen LogP contribution in [0.25, 0.3) is 0 Å². The molecule has 8 heteroatoms. The molecule has 0 radical (unpaired) electrons. The van der Waals surface area contributed by atoms with Crippen LogP contribution in [0.1, 0.15) is 12.8 Å². The SMILES string of the molecule is N[C@H]1CCC(=O)N(c2ccc(OC(F)(F)F)cc2)C1=O. The summed E-state index contributed by atoms with van der Waals surface area (Å²) in [5.74, 6) is -1.42. The van der Waals surface area contributed by atoms with Gasteiger partial charge in [0.1, 0.15) is 5.75 Å². The zero-order valence-corrected chi connectivity index (χ0v) is 10.2. The largest absolute Gasteiger partial charge is 0.573 e. The lowest BCUT2D eigenvalue weighted by Gasteiger charge is -2.28. The van der Waals surface area contributed by atoms with E-state index in [1.54, 1.807) is 0 Å². The molecule has 1 fully saturated rings. The Labute approximate surface area is 112 Å². The Morgan fingerprint density at radius 2 is 1.80 bits per heavy atom. The number of carbonyl (C=O) groups is 2. The zero-order chi connectivity index (χ0) is 14.9. The summed E-state index contributed by atoms with van der Waals surface area (Å²) in [7, 11) is 0. The number of nitrogens with two attached hydrogens (primary N) is 1. The van der Waals surface area contributed by atoms with E-state index in [0.717, 1.165) is 17.0 Å². The fourth-order valence-electron chi connectivity index (χ4n) is 1.87. The number of piperidine rings is 1. The number of rotatable bonds is 2. The van der Waals surface area contributed by atoms with Gasteiger partial charge in [0.15, 0.2) is 0 Å². The average Bonchev–Trinajstić information content (AvgIpc) is 2.35. The first-order valence-electron chi connectivity index (χ1n) is 5.76. The van der Waals surface area contributed by atoms with E-state index in [9.17, 15) is 22.8 Å². The van der Waals surface area contributed by atoms with E-state index in [0.29, 0.717) is 0 Å². The summed E-state index contributed by atoms with van der Waals surface area (Å²) in [5, 5.41) is 0. The zero-order valence-electron chi connectivity index (χ0n) is 10.2. The highest BCUT2D eigenvalue weighted by atomic mass is 19.4. The molecule has 0 aromatic heterocycles. The van der Waals surface area contributed by atoms with Crippen molar-refractivity contribution < 1.29 is 27.5 Å². The van der Waals surface area contributed by atoms with Gasteiger partial charge in [-0.05, 0) is 30.7 Å². The summed E-state index contributed by atoms with van der Waals surface area (Å²) in [6.45, 7) is 0. The minimum atomic E-state index is -4.79. The Kier molecular flexibility index (Phi) is 3.67. The van der Waals surface area contributed by atoms with Crippen molar-refractivity contribution in [3.63, 3.8) is 0 Å². The molecular weight excluding hydrogens is 277 g/mol. The molecule has 1 saturated heterocycles. The second kappa shape index (κ2) is 5.12. The smallest absolute Gasteiger partial charge is 0.406 e. The van der Waals surface area contributed by atoms with Crippen LogP contribution < -0.4 is 15.4 Å². The van der Waals surface area contributed by atoms with Crippen molar-refractivity contribution in [3.8, 4) is 5.75 Å². The Morgan fingerprint density at radius 3 is 2.35 bits per heavy atom. The monoisotopic (exact) mass is 288 g/mol. The summed E-state index contributed by atoms with van der Waals surface area (Å²) >= 11 is 0. The number of hydrogen-bond donors (Lipinski definition) is 1. The molecule has 2 N–H and O–H groups in total. The third-order valence-corrected chi connectivity index (χ3v) is 2.78. The summed E-state index contributed by atoms with van der Waals surface area (Å²) in [6, 6.07) is 3.69. The molecule has 1 aliphatic rings. The average molecular weight is 288 g/mol. The van der Waals surface area contributed by atoms with Crippen LogP contribution in [-0.4, -0.2) is 24.2 Å². The summed E-state index contributed by atoms with van der Waals surface area (Å²) in [5.41, 5.74) is 5.74. The Morgan fingerprint density at radius 1 is 1.20 bits per heavy atom. The maximum Gasteiger partial charge on any atom is 0.573 e. The summed E-state index contributed by atoms with van der Waals surface area (Å²) < 4.78 is 39.7. The minimum absolute atomic E-state index is 0.119. The van der Waals surface area contributed by atoms with Crippen LogP contribution in [0.5, 0.6) is 5.75 Å². The number of ether oxygens (including phenoxy) is 1. The lowest BCUT2D eigenvalue weighted by molar-refractivity contribution is -0.274. The van der Waals surface area contributed by atoms with Gasteiger partial charge in [-0.25, -0.2) is 4.90 Å². The molecule has 1 aromatic rings. The normalized spacial score (nSPS) is 20.2. The van der Waals surface area contributed by atoms with Gasteiger partial charge in [0.2, 0.25) is 5.91 Å². The maximum absolute atomic E-state index is 12.0. The molecule has 1 aromatic carbocycles. The molecule has 5 nitrogen and oxygen atoms in total. The minimum Gasteiger partial charge on any atom is -0.406 e. The lowest BCUT2D eigenvalue weighted by atomic mass is 10.0. The van der Waals surface area contributed by atoms with Crippen LogP contribution in [0.15, 0.2) is 24.3 Å². The second-order valence-corrected chi connectivity index (χ2v) is 4.25. The van der Waals surface area contributed by atoms with E-state index in [1.807, 2.05) is 0 Å². The first-order valence-corrected chi connectivity index (χ1v) is 5.76. The van der Waals surface area contributed by atoms with E-state index in [4.69, 9.17) is 5.73 Å². The van der Waals surface area contributed by atoms with Gasteiger partial charge in [-0.15, -0.1) is 13.2 Å². The van der Waals surface area contributed by atoms with E-state index in [2.05, 4.69) is 4.74 Å². The maximum atomic E-state index is 12.0. The third-order valence-electron chi connectivity index (χ3n) is 2.78. The van der Waals surface area contributed by atoms with Crippen molar-refractivity contribution >= 4 is 17.5 Å². The fraction of sp³-hybridized carbons (Fsp3) is 0.333. The molecule has 0 saturated carbocycles. The first-order chi connectivity index (χ1) is 9.28. The van der Waals surface area contributed by atoms with Crippen molar-refractivity contribution in [3.05, 3.63) is 24.3 Å². The number of halogens is 3. The van der Waals surface area contributed by atoms with E-state index in [-0.39, 0.29) is 18.5 Å². The molecule has 2 amide bonds. The van der Waals surface area contributed by atoms with Gasteiger partial charge in [0.05, 0.1) is 11.7 Å².